The summed E-state index contributed by atoms with van der Waals surface area (Å²) in [6.45, 7) is 4.19. The first kappa shape index (κ1) is 7.27. The monoisotopic (exact) mass is 115 g/mol. The van der Waals surface area contributed by atoms with E-state index in [-0.39, 0.29) is 0 Å². The van der Waals surface area contributed by atoms with Gasteiger partial charge in [0.25, 0.3) is 0 Å². The third-order valence-electron chi connectivity index (χ3n) is 0.870. The van der Waals surface area contributed by atoms with Crippen LogP contribution >= 0.6 is 0 Å². The molecular formula is C5H11N2O. The summed E-state index contributed by atoms with van der Waals surface area (Å²) in [5, 5.41) is 0. The number of hydrogen-bond donors (Lipinski definition) is 1. The maximum atomic E-state index is 10.2. The number of nitrogens with zero attached hydrogens (tertiary/aromatic N) is 1. The minimum Gasteiger partial charge on any atom is -0.351 e. The van der Waals surface area contributed by atoms with Crippen LogP contribution < -0.4 is 5.73 Å². The quantitative estimate of drug-likeness (QED) is 0.549. The molecule has 0 saturated heterocycles. The van der Waals surface area contributed by atoms with Gasteiger partial charge in [-0.3, -0.25) is 0 Å². The number of nitrogens with two attached hydrogens (primary N) is 1. The molecule has 0 aromatic carbocycles. The van der Waals surface area contributed by atoms with Crippen LogP contribution in [0.4, 0.5) is 4.79 Å². The Morgan fingerprint density at radius 2 is 2.38 bits per heavy atom. The molecule has 2 amide bonds. The Hall–Kier alpha value is -0.730. The predicted molar refractivity (Wildman–Crippen MR) is 32.2 cm³/mol. The molecule has 0 unspecified atom stereocenters. The van der Waals surface area contributed by atoms with Crippen molar-refractivity contribution in [1.82, 2.24) is 4.90 Å². The van der Waals surface area contributed by atoms with Crippen LogP contribution in [0.3, 0.4) is 0 Å². The van der Waals surface area contributed by atoms with E-state index in [0.717, 1.165) is 0 Å². The molecule has 0 bridgehead atoms. The summed E-state index contributed by atoms with van der Waals surface area (Å²) in [6.07, 6.45) is 0.708. The van der Waals surface area contributed by atoms with Crippen LogP contribution in [0, 0.1) is 6.92 Å². The predicted octanol–water partition coefficient (Wildman–Crippen LogP) is 0.221. The second-order valence-corrected chi connectivity index (χ2v) is 1.61. The topological polar surface area (TPSA) is 46.3 Å². The minimum absolute atomic E-state index is 0.395. The van der Waals surface area contributed by atoms with Crippen LogP contribution in [0.1, 0.15) is 6.42 Å². The zero-order chi connectivity index (χ0) is 6.57. The minimum atomic E-state index is -0.395. The van der Waals surface area contributed by atoms with Gasteiger partial charge in [0.15, 0.2) is 0 Å². The average molecular weight is 115 g/mol. The molecule has 8 heavy (non-hydrogen) atoms. The molecule has 0 spiro atoms. The van der Waals surface area contributed by atoms with Crippen LogP contribution in [-0.4, -0.2) is 24.5 Å². The van der Waals surface area contributed by atoms with Gasteiger partial charge >= 0.3 is 6.03 Å². The SMILES string of the molecule is [CH2]CCN(C)C(N)=O. The Morgan fingerprint density at radius 3 is 2.50 bits per heavy atom. The van der Waals surface area contributed by atoms with Crippen LogP contribution in [-0.2, 0) is 0 Å². The van der Waals surface area contributed by atoms with Gasteiger partial charge < -0.3 is 10.6 Å². The molecule has 0 aromatic rings. The van der Waals surface area contributed by atoms with E-state index < -0.39 is 6.03 Å². The number of rotatable bonds is 2. The van der Waals surface area contributed by atoms with E-state index in [1.54, 1.807) is 7.05 Å². The standard InChI is InChI=1S/C5H11N2O/c1-3-4-7(2)5(6)8/h1,3-4H2,2H3,(H2,6,8). The largest absolute Gasteiger partial charge is 0.351 e. The lowest BCUT2D eigenvalue weighted by Crippen LogP contribution is -2.32. The van der Waals surface area contributed by atoms with Crippen LogP contribution in [0.25, 0.3) is 0 Å². The van der Waals surface area contributed by atoms with Crippen molar-refractivity contribution in [1.29, 1.82) is 0 Å². The molecule has 2 N–H and O–H groups in total. The molecule has 47 valence electrons. The van der Waals surface area contributed by atoms with Crippen molar-refractivity contribution in [2.24, 2.45) is 5.73 Å². The molecule has 0 rings (SSSR count). The van der Waals surface area contributed by atoms with Crippen molar-refractivity contribution in [3.8, 4) is 0 Å². The molecule has 0 saturated carbocycles. The van der Waals surface area contributed by atoms with Gasteiger partial charge in [-0.05, 0) is 6.42 Å². The molecule has 0 aliphatic rings. The maximum absolute atomic E-state index is 10.2. The Balaban J connectivity index is 3.32. The number of hydrogen-bond acceptors (Lipinski definition) is 1. The highest BCUT2D eigenvalue weighted by Crippen LogP contribution is 1.82. The van der Waals surface area contributed by atoms with Gasteiger partial charge in [-0.1, -0.05) is 6.92 Å². The molecule has 3 heteroatoms. The second kappa shape index (κ2) is 3.29. The molecule has 1 radical (unpaired) electrons. The van der Waals surface area contributed by atoms with Crippen LogP contribution in [0.2, 0.25) is 0 Å². The molecule has 0 aromatic heterocycles. The summed E-state index contributed by atoms with van der Waals surface area (Å²) in [4.78, 5) is 11.6. The van der Waals surface area contributed by atoms with Crippen molar-refractivity contribution in [3.05, 3.63) is 6.92 Å². The van der Waals surface area contributed by atoms with Crippen molar-refractivity contribution >= 4 is 6.03 Å². The first-order valence-corrected chi connectivity index (χ1v) is 2.48. The smallest absolute Gasteiger partial charge is 0.314 e. The summed E-state index contributed by atoms with van der Waals surface area (Å²) < 4.78 is 0. The summed E-state index contributed by atoms with van der Waals surface area (Å²) in [6, 6.07) is -0.395. The highest BCUT2D eigenvalue weighted by atomic mass is 16.2. The summed E-state index contributed by atoms with van der Waals surface area (Å²) in [5.41, 5.74) is 4.88. The highest BCUT2D eigenvalue weighted by molar-refractivity contribution is 5.71. The van der Waals surface area contributed by atoms with E-state index in [0.29, 0.717) is 13.0 Å². The zero-order valence-electron chi connectivity index (χ0n) is 5.05. The van der Waals surface area contributed by atoms with Crippen molar-refractivity contribution in [2.45, 2.75) is 6.42 Å². The van der Waals surface area contributed by atoms with Gasteiger partial charge in [-0.25, -0.2) is 4.79 Å². The molecule has 0 aliphatic heterocycles. The van der Waals surface area contributed by atoms with Gasteiger partial charge in [-0.2, -0.15) is 0 Å². The van der Waals surface area contributed by atoms with Gasteiger partial charge in [0, 0.05) is 13.6 Å². The highest BCUT2D eigenvalue weighted by Gasteiger charge is 1.97. The Bertz CT molecular complexity index is 82.5. The van der Waals surface area contributed by atoms with Crippen LogP contribution in [0.5, 0.6) is 0 Å². The van der Waals surface area contributed by atoms with Gasteiger partial charge in [0.1, 0.15) is 0 Å². The Kier molecular flexibility index (Phi) is 2.99. The van der Waals surface area contributed by atoms with Gasteiger partial charge in [0.2, 0.25) is 0 Å². The Morgan fingerprint density at radius 1 is 1.88 bits per heavy atom. The van der Waals surface area contributed by atoms with E-state index in [9.17, 15) is 4.79 Å². The Labute approximate surface area is 49.5 Å². The van der Waals surface area contributed by atoms with E-state index in [1.165, 1.54) is 4.90 Å². The van der Waals surface area contributed by atoms with E-state index >= 15 is 0 Å². The van der Waals surface area contributed by atoms with Crippen LogP contribution in [0.15, 0.2) is 0 Å². The van der Waals surface area contributed by atoms with Gasteiger partial charge in [-0.15, -0.1) is 0 Å². The number of amides is 2. The normalized spacial score (nSPS) is 8.75. The lowest BCUT2D eigenvalue weighted by molar-refractivity contribution is 0.219. The number of urea groups is 1. The molecule has 0 fully saturated rings. The fourth-order valence-corrected chi connectivity index (χ4v) is 0.347. The van der Waals surface area contributed by atoms with E-state index in [2.05, 4.69) is 6.92 Å². The average Bonchev–Trinajstić information content (AvgIpc) is 1.67. The first-order chi connectivity index (χ1) is 3.68. The number of carbonyl (C=O) groups excluding carboxylic acids is 1. The fraction of sp³-hybridized carbons (Fsp3) is 0.600. The van der Waals surface area contributed by atoms with Gasteiger partial charge in [0.05, 0.1) is 0 Å². The zero-order valence-corrected chi connectivity index (χ0v) is 5.05. The van der Waals surface area contributed by atoms with Crippen molar-refractivity contribution in [3.63, 3.8) is 0 Å². The van der Waals surface area contributed by atoms with E-state index in [1.807, 2.05) is 0 Å². The lowest BCUT2D eigenvalue weighted by atomic mass is 10.4. The molecule has 0 aliphatic carbocycles. The summed E-state index contributed by atoms with van der Waals surface area (Å²) in [5.74, 6) is 0. The van der Waals surface area contributed by atoms with Crippen molar-refractivity contribution in [2.75, 3.05) is 13.6 Å². The molecule has 0 atom stereocenters. The summed E-state index contributed by atoms with van der Waals surface area (Å²) in [7, 11) is 1.65. The molecule has 3 nitrogen and oxygen atoms in total. The molecular weight excluding hydrogens is 104 g/mol. The number of primary amides is 1. The molecule has 0 heterocycles. The third kappa shape index (κ3) is 2.44. The van der Waals surface area contributed by atoms with Crippen molar-refractivity contribution < 1.29 is 4.79 Å². The lowest BCUT2D eigenvalue weighted by Gasteiger charge is -2.10. The van der Waals surface area contributed by atoms with E-state index in [4.69, 9.17) is 5.73 Å². The number of carbonyl (C=O) groups is 1. The fourth-order valence-electron chi connectivity index (χ4n) is 0.347. The summed E-state index contributed by atoms with van der Waals surface area (Å²) >= 11 is 0. The first-order valence-electron chi connectivity index (χ1n) is 2.48. The third-order valence-corrected chi connectivity index (χ3v) is 0.870. The second-order valence-electron chi connectivity index (χ2n) is 1.61. The maximum Gasteiger partial charge on any atom is 0.314 e.